The summed E-state index contributed by atoms with van der Waals surface area (Å²) in [5.74, 6) is -0.408. The Labute approximate surface area is 194 Å². The summed E-state index contributed by atoms with van der Waals surface area (Å²) in [7, 11) is -3.65. The number of benzene rings is 3. The van der Waals surface area contributed by atoms with Gasteiger partial charge in [0.1, 0.15) is 18.4 Å². The predicted molar refractivity (Wildman–Crippen MR) is 126 cm³/mol. The van der Waals surface area contributed by atoms with Gasteiger partial charge in [0.25, 0.3) is 0 Å². The van der Waals surface area contributed by atoms with Crippen LogP contribution >= 0.6 is 0 Å². The zero-order valence-corrected chi connectivity index (χ0v) is 19.0. The van der Waals surface area contributed by atoms with Crippen molar-refractivity contribution < 1.29 is 23.1 Å². The number of likely N-dealkylation sites (tertiary alicyclic amines) is 1. The fourth-order valence-electron chi connectivity index (χ4n) is 4.19. The third-order valence-electron chi connectivity index (χ3n) is 6.02. The zero-order valence-electron chi connectivity index (χ0n) is 18.2. The summed E-state index contributed by atoms with van der Waals surface area (Å²) in [4.78, 5) is 14.0. The highest BCUT2D eigenvalue weighted by Gasteiger charge is 2.39. The second-order valence-corrected chi connectivity index (χ2v) is 10.5. The maximum Gasteiger partial charge on any atom is 0.320 e. The predicted octanol–water partition coefficient (Wildman–Crippen LogP) is 4.16. The third kappa shape index (κ3) is 5.61. The Balaban J connectivity index is 1.43. The molecular formula is C26H27NO5S. The molecule has 0 aliphatic carbocycles. The van der Waals surface area contributed by atoms with Crippen molar-refractivity contribution in [1.29, 1.82) is 0 Å². The maximum atomic E-state index is 13.3. The molecule has 1 N–H and O–H groups in total. The first kappa shape index (κ1) is 23.0. The van der Waals surface area contributed by atoms with E-state index in [0.29, 0.717) is 31.9 Å². The summed E-state index contributed by atoms with van der Waals surface area (Å²) < 4.78 is 32.3. The molecule has 2 unspecified atom stereocenters. The van der Waals surface area contributed by atoms with E-state index in [4.69, 9.17) is 4.74 Å². The maximum absolute atomic E-state index is 13.3. The molecule has 0 saturated carbocycles. The van der Waals surface area contributed by atoms with Crippen LogP contribution in [0.1, 0.15) is 24.0 Å². The molecule has 2 atom stereocenters. The highest BCUT2D eigenvalue weighted by atomic mass is 32.2. The van der Waals surface area contributed by atoms with Crippen LogP contribution < -0.4 is 4.74 Å². The van der Waals surface area contributed by atoms with Crippen LogP contribution in [0.4, 0.5) is 0 Å². The van der Waals surface area contributed by atoms with Gasteiger partial charge >= 0.3 is 5.97 Å². The van der Waals surface area contributed by atoms with Crippen LogP contribution in [0, 0.1) is 0 Å². The minimum atomic E-state index is -3.65. The molecule has 0 aromatic heterocycles. The molecule has 0 bridgehead atoms. The van der Waals surface area contributed by atoms with Crippen LogP contribution in [0.25, 0.3) is 0 Å². The lowest BCUT2D eigenvalue weighted by Gasteiger charge is -2.36. The van der Waals surface area contributed by atoms with Crippen molar-refractivity contribution in [3.63, 3.8) is 0 Å². The van der Waals surface area contributed by atoms with E-state index in [9.17, 15) is 18.3 Å². The number of rotatable bonds is 8. The number of carbonyl (C=O) groups is 1. The number of ether oxygens (including phenoxy) is 1. The lowest BCUT2D eigenvalue weighted by molar-refractivity contribution is -0.144. The average molecular weight is 466 g/mol. The second-order valence-electron chi connectivity index (χ2n) is 8.25. The van der Waals surface area contributed by atoms with Crippen molar-refractivity contribution in [1.82, 2.24) is 4.90 Å². The van der Waals surface area contributed by atoms with E-state index in [1.807, 2.05) is 65.6 Å². The minimum absolute atomic E-state index is 0.0662. The normalized spacial score (nSPS) is 19.2. The number of sulfone groups is 1. The lowest BCUT2D eigenvalue weighted by Crippen LogP contribution is -2.49. The Morgan fingerprint density at radius 2 is 1.52 bits per heavy atom. The van der Waals surface area contributed by atoms with E-state index in [1.54, 1.807) is 24.3 Å². The van der Waals surface area contributed by atoms with Gasteiger partial charge in [-0.15, -0.1) is 0 Å². The first-order valence-corrected chi connectivity index (χ1v) is 12.5. The lowest BCUT2D eigenvalue weighted by atomic mass is 10.0. The van der Waals surface area contributed by atoms with E-state index in [-0.39, 0.29) is 11.3 Å². The molecular weight excluding hydrogens is 438 g/mol. The smallest absolute Gasteiger partial charge is 0.320 e. The topological polar surface area (TPSA) is 83.9 Å². The molecule has 3 aromatic rings. The largest absolute Gasteiger partial charge is 0.489 e. The molecule has 7 heteroatoms. The Kier molecular flexibility index (Phi) is 7.11. The molecule has 3 aromatic carbocycles. The molecule has 172 valence electrons. The first-order chi connectivity index (χ1) is 15.9. The number of hydrogen-bond acceptors (Lipinski definition) is 5. The molecule has 33 heavy (non-hydrogen) atoms. The quantitative estimate of drug-likeness (QED) is 0.538. The molecule has 0 spiro atoms. The van der Waals surface area contributed by atoms with E-state index in [2.05, 4.69) is 0 Å². The fraction of sp³-hybridized carbons (Fsp3) is 0.269. The number of carboxylic acids is 1. The summed E-state index contributed by atoms with van der Waals surface area (Å²) in [6.45, 7) is 1.29. The van der Waals surface area contributed by atoms with Gasteiger partial charge in [0.15, 0.2) is 9.84 Å². The van der Waals surface area contributed by atoms with E-state index in [0.717, 1.165) is 11.1 Å². The van der Waals surface area contributed by atoms with Gasteiger partial charge in [0.2, 0.25) is 0 Å². The number of aliphatic carboxylic acids is 1. The average Bonchev–Trinajstić information content (AvgIpc) is 2.84. The van der Waals surface area contributed by atoms with Crippen molar-refractivity contribution in [3.05, 3.63) is 96.1 Å². The van der Waals surface area contributed by atoms with Gasteiger partial charge in [-0.2, -0.15) is 0 Å². The van der Waals surface area contributed by atoms with Gasteiger partial charge in [-0.3, -0.25) is 9.69 Å². The minimum Gasteiger partial charge on any atom is -0.489 e. The Morgan fingerprint density at radius 3 is 2.12 bits per heavy atom. The van der Waals surface area contributed by atoms with Gasteiger partial charge in [0.05, 0.1) is 10.1 Å². The number of piperidine rings is 1. The van der Waals surface area contributed by atoms with Crippen molar-refractivity contribution >= 4 is 15.8 Å². The van der Waals surface area contributed by atoms with Crippen molar-refractivity contribution in [3.8, 4) is 5.75 Å². The second kappa shape index (κ2) is 10.2. The number of hydrogen-bond donors (Lipinski definition) is 1. The molecule has 1 saturated heterocycles. The van der Waals surface area contributed by atoms with Gasteiger partial charge in [0, 0.05) is 13.1 Å². The van der Waals surface area contributed by atoms with Gasteiger partial charge < -0.3 is 9.84 Å². The van der Waals surface area contributed by atoms with E-state index in [1.165, 1.54) is 0 Å². The van der Waals surface area contributed by atoms with Gasteiger partial charge in [-0.25, -0.2) is 8.42 Å². The van der Waals surface area contributed by atoms with Crippen LogP contribution in [0.3, 0.4) is 0 Å². The molecule has 1 fully saturated rings. The molecule has 4 rings (SSSR count). The summed E-state index contributed by atoms with van der Waals surface area (Å²) in [6, 6.07) is 24.9. The van der Waals surface area contributed by atoms with Crippen LogP contribution in [0.15, 0.2) is 89.8 Å². The fourth-order valence-corrected chi connectivity index (χ4v) is 5.94. The third-order valence-corrected chi connectivity index (χ3v) is 8.25. The van der Waals surface area contributed by atoms with Crippen molar-refractivity contribution in [2.45, 2.75) is 42.2 Å². The van der Waals surface area contributed by atoms with Crippen LogP contribution in [-0.4, -0.2) is 42.2 Å². The Morgan fingerprint density at radius 1 is 0.909 bits per heavy atom. The zero-order chi connectivity index (χ0) is 23.3. The summed E-state index contributed by atoms with van der Waals surface area (Å²) in [6.07, 6.45) is 0.460. The summed E-state index contributed by atoms with van der Waals surface area (Å²) in [5.41, 5.74) is 2.03. The molecule has 0 radical (unpaired) electrons. The monoisotopic (exact) mass is 465 g/mol. The van der Waals surface area contributed by atoms with E-state index >= 15 is 0 Å². The van der Waals surface area contributed by atoms with Gasteiger partial charge in [-0.05, 0) is 48.2 Å². The number of nitrogens with zero attached hydrogens (tertiary/aromatic N) is 1. The first-order valence-electron chi connectivity index (χ1n) is 10.9. The van der Waals surface area contributed by atoms with Crippen molar-refractivity contribution in [2.75, 3.05) is 6.54 Å². The molecule has 6 nitrogen and oxygen atoms in total. The molecule has 1 aliphatic heterocycles. The van der Waals surface area contributed by atoms with Gasteiger partial charge in [-0.1, -0.05) is 60.7 Å². The summed E-state index contributed by atoms with van der Waals surface area (Å²) in [5, 5.41) is 9.04. The van der Waals surface area contributed by atoms with Crippen LogP contribution in [0.5, 0.6) is 5.75 Å². The number of carboxylic acid groups (broad SMARTS) is 1. The molecule has 1 aliphatic rings. The standard InChI is InChI=1S/C26H27NO5S/c28-26(29)25-17-24(15-16-27(25)18-20-7-3-1-4-8-20)33(30,31)23-13-11-22(12-14-23)32-19-21-9-5-2-6-10-21/h1-14,24-25H,15-19H2,(H,28,29). The highest BCUT2D eigenvalue weighted by molar-refractivity contribution is 7.92. The van der Waals surface area contributed by atoms with Crippen molar-refractivity contribution in [2.24, 2.45) is 0 Å². The summed E-state index contributed by atoms with van der Waals surface area (Å²) >= 11 is 0. The highest BCUT2D eigenvalue weighted by Crippen LogP contribution is 2.30. The Hall–Kier alpha value is -3.16. The van der Waals surface area contributed by atoms with Crippen LogP contribution in [-0.2, 0) is 27.8 Å². The molecule has 1 heterocycles. The SMILES string of the molecule is O=C(O)C1CC(S(=O)(=O)c2ccc(OCc3ccccc3)cc2)CCN1Cc1ccccc1. The molecule has 0 amide bonds. The van der Waals surface area contributed by atoms with Crippen LogP contribution in [0.2, 0.25) is 0 Å². The Bertz CT molecular complexity index is 1160. The van der Waals surface area contributed by atoms with E-state index < -0.39 is 27.1 Å².